The highest BCUT2D eigenvalue weighted by Gasteiger charge is 2.30. The first kappa shape index (κ1) is 90.1. The maximum atomic E-state index is 13.0. The van der Waals surface area contributed by atoms with Gasteiger partial charge < -0.3 is 33.8 Å². The van der Waals surface area contributed by atoms with E-state index in [0.717, 1.165) is 115 Å². The van der Waals surface area contributed by atoms with Crippen molar-refractivity contribution in [2.45, 2.75) is 382 Å². The molecule has 0 radical (unpaired) electrons. The topological polar surface area (TPSA) is 237 Å². The number of hydrogen-bond donors (Lipinski definition) is 3. The average Bonchev–Trinajstić information content (AvgIpc) is 2.88. The summed E-state index contributed by atoms with van der Waals surface area (Å²) >= 11 is 0. The first-order chi connectivity index (χ1) is 44.1. The van der Waals surface area contributed by atoms with E-state index in [1.807, 2.05) is 0 Å². The number of aliphatic hydroxyl groups is 1. The third-order valence-electron chi connectivity index (χ3n) is 16.8. The Kier molecular flexibility index (Phi) is 61.3. The van der Waals surface area contributed by atoms with Crippen molar-refractivity contribution in [2.24, 2.45) is 23.7 Å². The van der Waals surface area contributed by atoms with Crippen molar-refractivity contribution in [3.63, 3.8) is 0 Å². The second kappa shape index (κ2) is 62.6. The van der Waals surface area contributed by atoms with Crippen molar-refractivity contribution in [3.8, 4) is 0 Å². The maximum absolute atomic E-state index is 13.0. The summed E-state index contributed by atoms with van der Waals surface area (Å²) in [4.78, 5) is 72.6. The minimum absolute atomic E-state index is 0.105. The number of carbonyl (C=O) groups excluding carboxylic acids is 4. The zero-order valence-electron chi connectivity index (χ0n) is 60.2. The van der Waals surface area contributed by atoms with E-state index in [1.54, 1.807) is 0 Å². The van der Waals surface area contributed by atoms with Gasteiger partial charge in [-0.05, 0) is 49.4 Å². The van der Waals surface area contributed by atoms with E-state index in [0.29, 0.717) is 37.5 Å². The lowest BCUT2D eigenvalue weighted by Gasteiger charge is -2.21. The van der Waals surface area contributed by atoms with E-state index in [9.17, 15) is 43.2 Å². The molecule has 0 aromatic carbocycles. The van der Waals surface area contributed by atoms with Crippen molar-refractivity contribution in [1.29, 1.82) is 0 Å². The maximum Gasteiger partial charge on any atom is 0.472 e. The van der Waals surface area contributed by atoms with Crippen LogP contribution in [0.5, 0.6) is 0 Å². The smallest absolute Gasteiger partial charge is 0.462 e. The zero-order valence-corrected chi connectivity index (χ0v) is 62.0. The van der Waals surface area contributed by atoms with Gasteiger partial charge in [0.05, 0.1) is 26.4 Å². The summed E-state index contributed by atoms with van der Waals surface area (Å²) in [6, 6.07) is 0. The standard InChI is InChI=1S/C73H142O17P2/c1-63(2)49-41-33-25-19-15-13-11-9-10-12-14-16-21-29-39-47-55-72(77)89-68(59-83-70(75)53-45-37-31-23-27-35-43-51-65(5)6)61-87-91(79,80)85-57-67(74)58-86-92(81,82)88-62-69(60-84-71(76)54-46-38-32-24-28-36-44-52-66(7)8)90-73(78)56-48-40-30-22-18-17-20-26-34-42-50-64(3)4/h63-69,74H,9-62H2,1-8H3,(H,79,80)(H,81,82)/t67?,68-,69-/m1/s1. The molecule has 0 fully saturated rings. The zero-order chi connectivity index (χ0) is 68.2. The quantitative estimate of drug-likeness (QED) is 0.0222. The lowest BCUT2D eigenvalue weighted by Crippen LogP contribution is -2.30. The monoisotopic (exact) mass is 1350 g/mol. The highest BCUT2D eigenvalue weighted by Crippen LogP contribution is 2.45. The third-order valence-corrected chi connectivity index (χ3v) is 18.7. The molecule has 0 amide bonds. The molecule has 0 aliphatic heterocycles. The molecule has 19 heteroatoms. The number of phosphoric acid groups is 2. The van der Waals surface area contributed by atoms with Gasteiger partial charge in [-0.2, -0.15) is 0 Å². The van der Waals surface area contributed by atoms with Gasteiger partial charge in [0.15, 0.2) is 12.2 Å². The van der Waals surface area contributed by atoms with Crippen molar-refractivity contribution >= 4 is 39.5 Å². The molecule has 17 nitrogen and oxygen atoms in total. The van der Waals surface area contributed by atoms with Crippen LogP contribution < -0.4 is 0 Å². The van der Waals surface area contributed by atoms with E-state index in [4.69, 9.17) is 37.0 Å². The Hall–Kier alpha value is -1.94. The van der Waals surface area contributed by atoms with Gasteiger partial charge >= 0.3 is 39.5 Å². The average molecular weight is 1350 g/mol. The summed E-state index contributed by atoms with van der Waals surface area (Å²) in [6.07, 6.45) is 46.0. The number of rotatable bonds is 70. The van der Waals surface area contributed by atoms with Crippen molar-refractivity contribution < 1.29 is 80.2 Å². The van der Waals surface area contributed by atoms with E-state index in [-0.39, 0.29) is 25.7 Å². The Labute approximate surface area is 562 Å². The van der Waals surface area contributed by atoms with E-state index in [1.165, 1.54) is 154 Å². The van der Waals surface area contributed by atoms with Gasteiger partial charge in [0, 0.05) is 25.7 Å². The van der Waals surface area contributed by atoms with Crippen molar-refractivity contribution in [3.05, 3.63) is 0 Å². The fourth-order valence-corrected chi connectivity index (χ4v) is 12.6. The first-order valence-corrected chi connectivity index (χ1v) is 40.7. The second-order valence-electron chi connectivity index (χ2n) is 28.2. The van der Waals surface area contributed by atoms with E-state index < -0.39 is 97.5 Å². The molecule has 0 rings (SSSR count). The Balaban J connectivity index is 5.21. The SMILES string of the molecule is CC(C)CCCCCCCCCCCCCCCCCCC(=O)O[C@H](COC(=O)CCCCCCCCCC(C)C)COP(=O)(O)OCC(O)COP(=O)(O)OC[C@@H](COC(=O)CCCCCCCCCC(C)C)OC(=O)CCCCCCCCCCCCC(C)C. The normalized spacial score (nSPS) is 14.2. The van der Waals surface area contributed by atoms with Crippen LogP contribution in [0, 0.1) is 23.7 Å². The van der Waals surface area contributed by atoms with Gasteiger partial charge in [-0.1, -0.05) is 312 Å². The predicted octanol–water partition coefficient (Wildman–Crippen LogP) is 20.9. The van der Waals surface area contributed by atoms with Crippen molar-refractivity contribution in [1.82, 2.24) is 0 Å². The number of ether oxygens (including phenoxy) is 4. The van der Waals surface area contributed by atoms with Gasteiger partial charge in [-0.25, -0.2) is 9.13 Å². The number of unbranched alkanes of at least 4 members (excludes halogenated alkanes) is 36. The predicted molar refractivity (Wildman–Crippen MR) is 372 cm³/mol. The van der Waals surface area contributed by atoms with Gasteiger partial charge in [0.2, 0.25) is 0 Å². The Morgan fingerprint density at radius 1 is 0.272 bits per heavy atom. The molecular formula is C73H142O17P2. The minimum Gasteiger partial charge on any atom is -0.462 e. The molecule has 0 aromatic heterocycles. The van der Waals surface area contributed by atoms with Crippen LogP contribution in [0.25, 0.3) is 0 Å². The fraction of sp³-hybridized carbons (Fsp3) is 0.945. The van der Waals surface area contributed by atoms with E-state index in [2.05, 4.69) is 55.4 Å². The number of carbonyl (C=O) groups is 4. The molecule has 0 heterocycles. The Bertz CT molecular complexity index is 1820. The Morgan fingerprint density at radius 3 is 0.674 bits per heavy atom. The van der Waals surface area contributed by atoms with Crippen molar-refractivity contribution in [2.75, 3.05) is 39.6 Å². The lowest BCUT2D eigenvalue weighted by atomic mass is 10.0. The largest absolute Gasteiger partial charge is 0.472 e. The number of aliphatic hydroxyl groups excluding tert-OH is 1. The highest BCUT2D eigenvalue weighted by atomic mass is 31.2. The summed E-state index contributed by atoms with van der Waals surface area (Å²) in [7, 11) is -9.91. The molecule has 0 aliphatic carbocycles. The summed E-state index contributed by atoms with van der Waals surface area (Å²) in [5.74, 6) is 0.844. The van der Waals surface area contributed by atoms with Gasteiger partial charge in [-0.15, -0.1) is 0 Å². The van der Waals surface area contributed by atoms with Crippen LogP contribution in [0.1, 0.15) is 364 Å². The van der Waals surface area contributed by atoms with Crippen LogP contribution in [0.3, 0.4) is 0 Å². The van der Waals surface area contributed by atoms with Gasteiger partial charge in [0.25, 0.3) is 0 Å². The molecule has 0 aliphatic rings. The first-order valence-electron chi connectivity index (χ1n) is 37.7. The molecule has 0 saturated heterocycles. The third kappa shape index (κ3) is 66.7. The molecule has 3 N–H and O–H groups in total. The number of esters is 4. The summed E-state index contributed by atoms with van der Waals surface area (Å²) in [5, 5.41) is 10.6. The molecular weight excluding hydrogens is 1210 g/mol. The van der Waals surface area contributed by atoms with Crippen LogP contribution in [0.2, 0.25) is 0 Å². The molecule has 92 heavy (non-hydrogen) atoms. The summed E-state index contributed by atoms with van der Waals surface area (Å²) in [6.45, 7) is 14.1. The molecule has 3 unspecified atom stereocenters. The summed E-state index contributed by atoms with van der Waals surface area (Å²) in [5.41, 5.74) is 0. The van der Waals surface area contributed by atoms with Crippen LogP contribution in [-0.4, -0.2) is 96.7 Å². The highest BCUT2D eigenvalue weighted by molar-refractivity contribution is 7.47. The fourth-order valence-electron chi connectivity index (χ4n) is 11.0. The van der Waals surface area contributed by atoms with E-state index >= 15 is 0 Å². The molecule has 0 saturated carbocycles. The van der Waals surface area contributed by atoms with Gasteiger partial charge in [-0.3, -0.25) is 37.3 Å². The molecule has 5 atom stereocenters. The summed E-state index contributed by atoms with van der Waals surface area (Å²) < 4.78 is 68.4. The lowest BCUT2D eigenvalue weighted by molar-refractivity contribution is -0.161. The molecule has 0 spiro atoms. The second-order valence-corrected chi connectivity index (χ2v) is 31.1. The minimum atomic E-state index is -4.95. The van der Waals surface area contributed by atoms with Gasteiger partial charge in [0.1, 0.15) is 19.3 Å². The molecule has 0 aromatic rings. The van der Waals surface area contributed by atoms with Crippen LogP contribution in [0.15, 0.2) is 0 Å². The van der Waals surface area contributed by atoms with Crippen LogP contribution >= 0.6 is 15.6 Å². The van der Waals surface area contributed by atoms with Crippen LogP contribution in [-0.2, 0) is 65.4 Å². The molecule has 546 valence electrons. The van der Waals surface area contributed by atoms with Crippen LogP contribution in [0.4, 0.5) is 0 Å². The number of phosphoric ester groups is 2. The Morgan fingerprint density at radius 2 is 0.457 bits per heavy atom. The molecule has 0 bridgehead atoms. The number of hydrogen-bond acceptors (Lipinski definition) is 15.